The summed E-state index contributed by atoms with van der Waals surface area (Å²) in [6.07, 6.45) is -2.81. The number of rotatable bonds is 3. The second-order valence-electron chi connectivity index (χ2n) is 7.18. The lowest BCUT2D eigenvalue weighted by molar-refractivity contribution is -0.142. The molecule has 0 bridgehead atoms. The molecular formula is C20H18F3N7O. The summed E-state index contributed by atoms with van der Waals surface area (Å²) in [5.41, 5.74) is 0.845. The Balaban J connectivity index is 1.72. The minimum absolute atomic E-state index is 0.181. The number of H-pyrrole nitrogens is 1. The lowest BCUT2D eigenvalue weighted by atomic mass is 10.1. The topological polar surface area (TPSA) is 84.8 Å². The first kappa shape index (κ1) is 19.5. The third-order valence-electron chi connectivity index (χ3n) is 5.05. The number of morpholine rings is 1. The Morgan fingerprint density at radius 1 is 1.03 bits per heavy atom. The molecule has 0 spiro atoms. The summed E-state index contributed by atoms with van der Waals surface area (Å²) < 4.78 is 47.0. The van der Waals surface area contributed by atoms with Gasteiger partial charge in [0.1, 0.15) is 0 Å². The van der Waals surface area contributed by atoms with Crippen molar-refractivity contribution in [3.8, 4) is 17.3 Å². The van der Waals surface area contributed by atoms with Gasteiger partial charge in [-0.25, -0.2) is 0 Å². The molecule has 0 saturated carbocycles. The Morgan fingerprint density at radius 3 is 2.58 bits per heavy atom. The molecule has 0 unspecified atom stereocenters. The Hall–Kier alpha value is -3.47. The number of fused-ring (bicyclic) bond motifs is 1. The van der Waals surface area contributed by atoms with E-state index in [-0.39, 0.29) is 23.4 Å². The van der Waals surface area contributed by atoms with Crippen LogP contribution in [0.4, 0.5) is 19.1 Å². The first-order chi connectivity index (χ1) is 14.9. The standard InChI is InChI=1S/C20H18F3N7O/c1-12-11-16(20(21,22)23)30(28-12)19-26-17(14-3-2-4-15-13(14)5-6-24-15)25-18(27-19)29-7-9-31-10-8-29/h2-6,11,24H,7-10H2,1H3. The first-order valence-electron chi connectivity index (χ1n) is 9.69. The van der Waals surface area contributed by atoms with Gasteiger partial charge in [0.05, 0.1) is 18.9 Å². The number of aromatic amines is 1. The molecule has 0 amide bonds. The lowest BCUT2D eigenvalue weighted by Gasteiger charge is -2.27. The highest BCUT2D eigenvalue weighted by Gasteiger charge is 2.37. The molecule has 1 saturated heterocycles. The van der Waals surface area contributed by atoms with Crippen molar-refractivity contribution in [1.82, 2.24) is 29.7 Å². The number of nitrogens with one attached hydrogen (secondary N) is 1. The average molecular weight is 429 g/mol. The summed E-state index contributed by atoms with van der Waals surface area (Å²) in [4.78, 5) is 18.3. The Kier molecular flexibility index (Phi) is 4.62. The van der Waals surface area contributed by atoms with Crippen molar-refractivity contribution in [2.75, 3.05) is 31.2 Å². The number of aryl methyl sites for hydroxylation is 1. The van der Waals surface area contributed by atoms with Crippen molar-refractivity contribution in [2.24, 2.45) is 0 Å². The minimum Gasteiger partial charge on any atom is -0.378 e. The molecule has 1 aromatic carbocycles. The van der Waals surface area contributed by atoms with Crippen molar-refractivity contribution in [2.45, 2.75) is 13.1 Å². The van der Waals surface area contributed by atoms with Gasteiger partial charge in [0, 0.05) is 35.8 Å². The van der Waals surface area contributed by atoms with Crippen LogP contribution >= 0.6 is 0 Å². The van der Waals surface area contributed by atoms with E-state index in [2.05, 4.69) is 25.0 Å². The number of halogens is 3. The van der Waals surface area contributed by atoms with Gasteiger partial charge in [-0.2, -0.15) is 37.9 Å². The first-order valence-corrected chi connectivity index (χ1v) is 9.69. The number of anilines is 1. The van der Waals surface area contributed by atoms with Crippen LogP contribution in [-0.2, 0) is 10.9 Å². The molecule has 11 heteroatoms. The van der Waals surface area contributed by atoms with E-state index in [1.807, 2.05) is 29.2 Å². The van der Waals surface area contributed by atoms with E-state index in [1.165, 1.54) is 6.92 Å². The van der Waals surface area contributed by atoms with E-state index >= 15 is 0 Å². The zero-order chi connectivity index (χ0) is 21.6. The summed E-state index contributed by atoms with van der Waals surface area (Å²) in [7, 11) is 0. The van der Waals surface area contributed by atoms with Crippen molar-refractivity contribution in [3.63, 3.8) is 0 Å². The summed E-state index contributed by atoms with van der Waals surface area (Å²) in [5, 5.41) is 4.88. The zero-order valence-electron chi connectivity index (χ0n) is 16.5. The van der Waals surface area contributed by atoms with Gasteiger partial charge in [0.25, 0.3) is 5.95 Å². The lowest BCUT2D eigenvalue weighted by Crippen LogP contribution is -2.37. The average Bonchev–Trinajstić information content (AvgIpc) is 3.40. The molecule has 31 heavy (non-hydrogen) atoms. The highest BCUT2D eigenvalue weighted by Crippen LogP contribution is 2.32. The molecule has 4 heterocycles. The summed E-state index contributed by atoms with van der Waals surface area (Å²) in [6.45, 7) is 3.52. The van der Waals surface area contributed by atoms with Gasteiger partial charge in [-0.15, -0.1) is 0 Å². The van der Waals surface area contributed by atoms with Crippen molar-refractivity contribution in [1.29, 1.82) is 0 Å². The molecule has 0 aliphatic carbocycles. The van der Waals surface area contributed by atoms with Crippen LogP contribution in [0, 0.1) is 6.92 Å². The van der Waals surface area contributed by atoms with Crippen LogP contribution < -0.4 is 4.90 Å². The molecule has 1 aliphatic heterocycles. The van der Waals surface area contributed by atoms with E-state index < -0.39 is 11.9 Å². The molecule has 1 N–H and O–H groups in total. The predicted molar refractivity (Wildman–Crippen MR) is 107 cm³/mol. The summed E-state index contributed by atoms with van der Waals surface area (Å²) >= 11 is 0. The molecule has 4 aromatic rings. The van der Waals surface area contributed by atoms with Crippen molar-refractivity contribution < 1.29 is 17.9 Å². The predicted octanol–water partition coefficient (Wildman–Crippen LogP) is 3.37. The van der Waals surface area contributed by atoms with Crippen LogP contribution in [0.1, 0.15) is 11.4 Å². The van der Waals surface area contributed by atoms with Crippen molar-refractivity contribution in [3.05, 3.63) is 47.9 Å². The summed E-state index contributed by atoms with van der Waals surface area (Å²) in [6, 6.07) is 8.43. The van der Waals surface area contributed by atoms with Gasteiger partial charge in [0.15, 0.2) is 11.5 Å². The maximum Gasteiger partial charge on any atom is 0.433 e. The number of aromatic nitrogens is 6. The second kappa shape index (κ2) is 7.34. The molecule has 1 aliphatic rings. The fourth-order valence-corrected chi connectivity index (χ4v) is 3.61. The maximum atomic E-state index is 13.6. The van der Waals surface area contributed by atoms with Crippen LogP contribution in [0.15, 0.2) is 36.5 Å². The van der Waals surface area contributed by atoms with E-state index in [4.69, 9.17) is 4.74 Å². The van der Waals surface area contributed by atoms with Crippen molar-refractivity contribution >= 4 is 16.9 Å². The van der Waals surface area contributed by atoms with Gasteiger partial charge in [-0.1, -0.05) is 12.1 Å². The van der Waals surface area contributed by atoms with Crippen LogP contribution in [0.5, 0.6) is 0 Å². The maximum absolute atomic E-state index is 13.6. The molecule has 5 rings (SSSR count). The normalized spacial score (nSPS) is 15.0. The molecule has 3 aromatic heterocycles. The molecule has 160 valence electrons. The third-order valence-corrected chi connectivity index (χ3v) is 5.05. The van der Waals surface area contributed by atoms with Gasteiger partial charge in [0.2, 0.25) is 5.95 Å². The Morgan fingerprint density at radius 2 is 1.81 bits per heavy atom. The molecule has 1 fully saturated rings. The smallest absolute Gasteiger partial charge is 0.378 e. The molecular weight excluding hydrogens is 411 g/mol. The van der Waals surface area contributed by atoms with E-state index in [0.29, 0.717) is 31.9 Å². The number of ether oxygens (including phenoxy) is 1. The molecule has 0 radical (unpaired) electrons. The highest BCUT2D eigenvalue weighted by molar-refractivity contribution is 5.93. The molecule has 0 atom stereocenters. The SMILES string of the molecule is Cc1cc(C(F)(F)F)n(-c2nc(-c3cccc4[nH]ccc34)nc(N3CCOCC3)n2)n1. The number of benzene rings is 1. The van der Waals surface area contributed by atoms with Crippen LogP contribution in [0.25, 0.3) is 28.2 Å². The Bertz CT molecular complexity index is 1240. The highest BCUT2D eigenvalue weighted by atomic mass is 19.4. The van der Waals surface area contributed by atoms with Crippen LogP contribution in [0.2, 0.25) is 0 Å². The fourth-order valence-electron chi connectivity index (χ4n) is 3.61. The number of alkyl halides is 3. The third kappa shape index (κ3) is 3.61. The monoisotopic (exact) mass is 429 g/mol. The van der Waals surface area contributed by atoms with Gasteiger partial charge >= 0.3 is 6.18 Å². The van der Waals surface area contributed by atoms with Gasteiger partial charge < -0.3 is 14.6 Å². The largest absolute Gasteiger partial charge is 0.433 e. The summed E-state index contributed by atoms with van der Waals surface area (Å²) in [5.74, 6) is 0.384. The number of hydrogen-bond donors (Lipinski definition) is 1. The Labute approximate surface area is 174 Å². The van der Waals surface area contributed by atoms with E-state index in [9.17, 15) is 13.2 Å². The van der Waals surface area contributed by atoms with E-state index in [0.717, 1.165) is 21.7 Å². The molecule has 8 nitrogen and oxygen atoms in total. The quantitative estimate of drug-likeness (QED) is 0.538. The zero-order valence-corrected chi connectivity index (χ0v) is 16.5. The van der Waals surface area contributed by atoms with E-state index in [1.54, 1.807) is 6.20 Å². The van der Waals surface area contributed by atoms with Crippen LogP contribution in [-0.4, -0.2) is 56.0 Å². The van der Waals surface area contributed by atoms with Gasteiger partial charge in [-0.3, -0.25) is 0 Å². The fraction of sp³-hybridized carbons (Fsp3) is 0.300. The van der Waals surface area contributed by atoms with Gasteiger partial charge in [-0.05, 0) is 25.1 Å². The number of hydrogen-bond acceptors (Lipinski definition) is 6. The minimum atomic E-state index is -4.60. The second-order valence-corrected chi connectivity index (χ2v) is 7.18. The van der Waals surface area contributed by atoms with Crippen LogP contribution in [0.3, 0.4) is 0 Å². The number of nitrogens with zero attached hydrogens (tertiary/aromatic N) is 6.